The number of fused-ring (bicyclic) bond motifs is 6. The van der Waals surface area contributed by atoms with Crippen LogP contribution in [-0.2, 0) is 37.7 Å². The Morgan fingerprint density at radius 3 is 2.11 bits per heavy atom. The number of aromatic nitrogens is 2. The van der Waals surface area contributed by atoms with Crippen LogP contribution in [0.15, 0.2) is 77.2 Å². The third-order valence-corrected chi connectivity index (χ3v) is 11.6. The first kappa shape index (κ1) is 42.9. The Bertz CT molecular complexity index is 2270. The van der Waals surface area contributed by atoms with Gasteiger partial charge in [-0.1, -0.05) is 117 Å². The molecular formula is C48H59IrN2O3-. The normalized spacial score (nSPS) is 12.5. The van der Waals surface area contributed by atoms with Crippen molar-refractivity contribution in [3.05, 3.63) is 95.5 Å². The van der Waals surface area contributed by atoms with Crippen LogP contribution >= 0.6 is 0 Å². The van der Waals surface area contributed by atoms with Crippen molar-refractivity contribution < 1.29 is 34.4 Å². The summed E-state index contributed by atoms with van der Waals surface area (Å²) in [6, 6.07) is 23.0. The SMILES string of the molecule is CCC(C)(CC)C(=O)/C=C(\O)C(C)(CC)CC.Cc1ccc2c(c1)oc1c(-c3ncnc4c3ccc3cc(CC(C)C)cc(CC(C)C)c34)[c-]ccc12.[Ir]. The molecule has 289 valence electrons. The molecule has 0 unspecified atom stereocenters. The van der Waals surface area contributed by atoms with Gasteiger partial charge in [0, 0.05) is 53.5 Å². The first-order chi connectivity index (χ1) is 25.2. The van der Waals surface area contributed by atoms with Crippen LogP contribution in [0.2, 0.25) is 0 Å². The van der Waals surface area contributed by atoms with Gasteiger partial charge in [-0.25, -0.2) is 4.98 Å². The van der Waals surface area contributed by atoms with E-state index in [9.17, 15) is 9.90 Å². The molecule has 0 bridgehead atoms. The Kier molecular flexibility index (Phi) is 14.1. The van der Waals surface area contributed by atoms with Crippen molar-refractivity contribution in [2.75, 3.05) is 0 Å². The smallest absolute Gasteiger partial charge is 0.164 e. The number of carbonyl (C=O) groups excluding carboxylic acids is 1. The van der Waals surface area contributed by atoms with Crippen molar-refractivity contribution in [1.29, 1.82) is 0 Å². The molecule has 0 aliphatic heterocycles. The number of carbonyl (C=O) groups is 1. The number of furan rings is 1. The van der Waals surface area contributed by atoms with Gasteiger partial charge >= 0.3 is 0 Å². The summed E-state index contributed by atoms with van der Waals surface area (Å²) in [6.45, 7) is 23.3. The van der Waals surface area contributed by atoms with Crippen molar-refractivity contribution in [3.8, 4) is 11.3 Å². The van der Waals surface area contributed by atoms with Crippen LogP contribution in [0.3, 0.4) is 0 Å². The van der Waals surface area contributed by atoms with Gasteiger partial charge in [-0.15, -0.1) is 18.2 Å². The number of benzene rings is 4. The molecular weight excluding hydrogens is 845 g/mol. The maximum Gasteiger partial charge on any atom is 0.164 e. The molecule has 2 heterocycles. The molecule has 4 aromatic carbocycles. The number of rotatable bonds is 12. The molecule has 6 heteroatoms. The molecule has 0 saturated carbocycles. The van der Waals surface area contributed by atoms with E-state index in [0.717, 1.165) is 82.6 Å². The Morgan fingerprint density at radius 2 is 1.48 bits per heavy atom. The summed E-state index contributed by atoms with van der Waals surface area (Å²) in [5.41, 5.74) is 7.82. The number of aryl methyl sites for hydroxylation is 1. The van der Waals surface area contributed by atoms with E-state index < -0.39 is 0 Å². The summed E-state index contributed by atoms with van der Waals surface area (Å²) in [6.07, 6.45) is 8.55. The van der Waals surface area contributed by atoms with E-state index in [1.165, 1.54) is 33.5 Å². The monoisotopic (exact) mass is 904 g/mol. The maximum atomic E-state index is 12.2. The molecule has 0 spiro atoms. The van der Waals surface area contributed by atoms with Crippen molar-refractivity contribution in [3.63, 3.8) is 0 Å². The van der Waals surface area contributed by atoms with E-state index in [2.05, 4.69) is 89.2 Å². The first-order valence-corrected chi connectivity index (χ1v) is 19.7. The number of hydrogen-bond acceptors (Lipinski definition) is 5. The van der Waals surface area contributed by atoms with E-state index in [4.69, 9.17) is 14.4 Å². The second-order valence-corrected chi connectivity index (χ2v) is 16.4. The average molecular weight is 904 g/mol. The summed E-state index contributed by atoms with van der Waals surface area (Å²) in [5.74, 6) is 1.46. The molecule has 6 rings (SSSR count). The van der Waals surface area contributed by atoms with Gasteiger partial charge in [0.25, 0.3) is 0 Å². The molecule has 5 nitrogen and oxygen atoms in total. The zero-order valence-corrected chi connectivity index (χ0v) is 36.6. The topological polar surface area (TPSA) is 76.2 Å². The predicted molar refractivity (Wildman–Crippen MR) is 224 cm³/mol. The first-order valence-electron chi connectivity index (χ1n) is 19.7. The molecule has 6 aromatic rings. The van der Waals surface area contributed by atoms with Crippen LogP contribution in [0.4, 0.5) is 0 Å². The minimum Gasteiger partial charge on any atom is -0.512 e. The van der Waals surface area contributed by atoms with Crippen molar-refractivity contribution in [2.45, 2.75) is 115 Å². The fourth-order valence-electron chi connectivity index (χ4n) is 7.24. The van der Waals surface area contributed by atoms with Gasteiger partial charge in [0.2, 0.25) is 0 Å². The van der Waals surface area contributed by atoms with Gasteiger partial charge in [-0.05, 0) is 90.8 Å². The molecule has 0 aliphatic carbocycles. The number of allylic oxidation sites excluding steroid dienone is 2. The molecule has 0 fully saturated rings. The minimum atomic E-state index is -0.337. The van der Waals surface area contributed by atoms with Gasteiger partial charge in [0.1, 0.15) is 17.7 Å². The van der Waals surface area contributed by atoms with Crippen LogP contribution < -0.4 is 0 Å². The second kappa shape index (κ2) is 17.7. The fraction of sp³-hybridized carbons (Fsp3) is 0.438. The largest absolute Gasteiger partial charge is 0.512 e. The van der Waals surface area contributed by atoms with E-state index in [1.807, 2.05) is 47.6 Å². The summed E-state index contributed by atoms with van der Waals surface area (Å²) < 4.78 is 6.39. The van der Waals surface area contributed by atoms with Crippen LogP contribution in [-0.4, -0.2) is 20.9 Å². The third kappa shape index (κ3) is 8.82. The molecule has 1 radical (unpaired) electrons. The number of aliphatic hydroxyl groups is 1. The van der Waals surface area contributed by atoms with Crippen LogP contribution in [0.25, 0.3) is 54.9 Å². The number of ketones is 1. The van der Waals surface area contributed by atoms with Gasteiger partial charge < -0.3 is 9.52 Å². The summed E-state index contributed by atoms with van der Waals surface area (Å²) in [4.78, 5) is 21.8. The predicted octanol–water partition coefficient (Wildman–Crippen LogP) is 13.5. The fourth-order valence-corrected chi connectivity index (χ4v) is 7.24. The zero-order chi connectivity index (χ0) is 38.7. The molecule has 1 N–H and O–H groups in total. The summed E-state index contributed by atoms with van der Waals surface area (Å²) >= 11 is 0. The second-order valence-electron chi connectivity index (χ2n) is 16.4. The Labute approximate surface area is 336 Å². The van der Waals surface area contributed by atoms with Gasteiger partial charge in [-0.2, -0.15) is 0 Å². The molecule has 2 aromatic heterocycles. The van der Waals surface area contributed by atoms with Crippen molar-refractivity contribution in [2.24, 2.45) is 22.7 Å². The maximum absolute atomic E-state index is 12.2. The van der Waals surface area contributed by atoms with E-state index in [0.29, 0.717) is 11.8 Å². The Balaban J connectivity index is 0.000000309. The summed E-state index contributed by atoms with van der Waals surface area (Å²) in [7, 11) is 0. The Morgan fingerprint density at radius 1 is 0.833 bits per heavy atom. The molecule has 0 saturated heterocycles. The standard InChI is InChI=1S/C33H31N2O.C15H28O2.Ir/c1-19(2)13-22-16-23-10-12-27-31(34-18-35-32(27)30(23)24(17-22)14-20(3)4)28-8-6-7-26-25-11-9-21(5)15-29(25)36-33(26)28;1-7-14(5,8-2)12(16)11-13(17)15(6,9-3)10-4;/h6-7,9-12,15-20H,13-14H2,1-5H3;11,16H,7-10H2,1-6H3;/q-1;;/b;12-11-;. The Hall–Kier alpha value is -3.86. The number of aliphatic hydroxyl groups excluding tert-OH is 1. The van der Waals surface area contributed by atoms with Gasteiger partial charge in [-0.3, -0.25) is 9.78 Å². The number of hydrogen-bond donors (Lipinski definition) is 1. The number of nitrogens with zero attached hydrogens (tertiary/aromatic N) is 2. The van der Waals surface area contributed by atoms with Gasteiger partial charge in [0.15, 0.2) is 5.78 Å². The van der Waals surface area contributed by atoms with E-state index >= 15 is 0 Å². The van der Waals surface area contributed by atoms with E-state index in [1.54, 1.807) is 6.33 Å². The van der Waals surface area contributed by atoms with E-state index in [-0.39, 0.29) is 42.5 Å². The van der Waals surface area contributed by atoms with Crippen LogP contribution in [0.5, 0.6) is 0 Å². The molecule has 0 aliphatic rings. The van der Waals surface area contributed by atoms with Crippen molar-refractivity contribution in [1.82, 2.24) is 9.97 Å². The van der Waals surface area contributed by atoms with Crippen LogP contribution in [0.1, 0.15) is 112 Å². The minimum absolute atomic E-state index is 0. The quantitative estimate of drug-likeness (QED) is 0.0573. The molecule has 0 atom stereocenters. The zero-order valence-electron chi connectivity index (χ0n) is 34.2. The molecule has 54 heavy (non-hydrogen) atoms. The summed E-state index contributed by atoms with van der Waals surface area (Å²) in [5, 5.41) is 15.9. The average Bonchev–Trinajstić information content (AvgIpc) is 3.51. The third-order valence-electron chi connectivity index (χ3n) is 11.6. The molecule has 0 amide bonds. The van der Waals surface area contributed by atoms with Crippen LogP contribution in [0, 0.1) is 35.7 Å². The van der Waals surface area contributed by atoms with Crippen molar-refractivity contribution >= 4 is 49.4 Å². The van der Waals surface area contributed by atoms with Gasteiger partial charge in [0.05, 0.1) is 11.1 Å².